The summed E-state index contributed by atoms with van der Waals surface area (Å²) in [5.74, 6) is -1.26. The Balaban J connectivity index is 1.51. The summed E-state index contributed by atoms with van der Waals surface area (Å²) in [7, 11) is 0. The molecule has 0 saturated carbocycles. The van der Waals surface area contributed by atoms with Gasteiger partial charge < -0.3 is 14.3 Å². The summed E-state index contributed by atoms with van der Waals surface area (Å²) in [5, 5.41) is 22.6. The Bertz CT molecular complexity index is 1200. The number of carbonyl (C=O) groups is 2. The number of carboxylic acids is 1. The molecule has 2 heterocycles. The molecule has 5 rings (SSSR count). The van der Waals surface area contributed by atoms with Crippen molar-refractivity contribution in [2.24, 2.45) is 5.92 Å². The molecule has 2 N–H and O–H groups in total. The van der Waals surface area contributed by atoms with Gasteiger partial charge >= 0.3 is 12.1 Å². The van der Waals surface area contributed by atoms with Gasteiger partial charge in [0.2, 0.25) is 0 Å². The summed E-state index contributed by atoms with van der Waals surface area (Å²) in [6.07, 6.45) is 4.85. The van der Waals surface area contributed by atoms with Gasteiger partial charge in [0, 0.05) is 12.3 Å². The molecule has 1 aliphatic carbocycles. The van der Waals surface area contributed by atoms with Gasteiger partial charge in [-0.1, -0.05) is 60.7 Å². The van der Waals surface area contributed by atoms with Crippen LogP contribution in [0.5, 0.6) is 0 Å². The Morgan fingerprint density at radius 1 is 1.06 bits per heavy atom. The zero-order chi connectivity index (χ0) is 24.4. The number of fused-ring (bicyclic) bond motifs is 1. The molecule has 0 spiro atoms. The van der Waals surface area contributed by atoms with Gasteiger partial charge in [0.1, 0.15) is 12.4 Å². The fourth-order valence-electron chi connectivity index (χ4n) is 5.29. The Kier molecular flexibility index (Phi) is 6.05. The minimum atomic E-state index is -1.68. The van der Waals surface area contributed by atoms with Crippen LogP contribution in [0.3, 0.4) is 0 Å². The average Bonchev–Trinajstić information content (AvgIpc) is 3.56. The molecule has 0 radical (unpaired) electrons. The van der Waals surface area contributed by atoms with Crippen molar-refractivity contribution >= 4 is 17.7 Å². The summed E-state index contributed by atoms with van der Waals surface area (Å²) < 4.78 is 11.3. The summed E-state index contributed by atoms with van der Waals surface area (Å²) >= 11 is 0. The molecule has 3 aromatic rings. The molecule has 0 bridgehead atoms. The molecule has 1 fully saturated rings. The van der Waals surface area contributed by atoms with Crippen molar-refractivity contribution in [3.05, 3.63) is 103 Å². The first-order valence-corrected chi connectivity index (χ1v) is 11.5. The van der Waals surface area contributed by atoms with E-state index < -0.39 is 35.6 Å². The van der Waals surface area contributed by atoms with E-state index in [1.54, 1.807) is 53.4 Å². The number of carbonyl (C=O) groups excluding carboxylic acids is 1. The molecule has 2 aliphatic rings. The first-order valence-electron chi connectivity index (χ1n) is 11.5. The Morgan fingerprint density at radius 2 is 1.77 bits per heavy atom. The molecule has 180 valence electrons. The highest BCUT2D eigenvalue weighted by atomic mass is 16.6. The number of hydrogen-bond donors (Lipinski definition) is 2. The van der Waals surface area contributed by atoms with Crippen LogP contribution in [0.4, 0.5) is 10.5 Å². The smallest absolute Gasteiger partial charge is 0.411 e. The van der Waals surface area contributed by atoms with E-state index in [1.165, 1.54) is 6.26 Å². The number of para-hydroxylation sites is 1. The monoisotopic (exact) mass is 474 g/mol. The van der Waals surface area contributed by atoms with Crippen LogP contribution in [0.15, 0.2) is 95.6 Å². The highest BCUT2D eigenvalue weighted by Crippen LogP contribution is 2.51. The predicted octanol–water partition coefficient (Wildman–Crippen LogP) is 5.03. The summed E-state index contributed by atoms with van der Waals surface area (Å²) in [5.41, 5.74) is -0.473. The van der Waals surface area contributed by atoms with Crippen LogP contribution in [0.2, 0.25) is 0 Å². The zero-order valence-electron chi connectivity index (χ0n) is 18.9. The number of anilines is 1. The Hall–Kier alpha value is -4.04. The second-order valence-corrected chi connectivity index (χ2v) is 8.82. The normalized spacial score (nSPS) is 25.2. The van der Waals surface area contributed by atoms with Crippen molar-refractivity contribution in [3.63, 3.8) is 0 Å². The largest absolute Gasteiger partial charge is 0.479 e. The standard InChI is InChI=1S/C27H26N2O6/c30-25(31)27(29(33)20-11-5-2-6-12-20)15-7-13-22-21(27)17-23(24-14-8-16-34-24)28(22)26(32)35-18-19-9-3-1-4-10-19/h1-14,16,21-23,33H,15,17-18H2,(H,30,31)/t21-,22-,23-,27-/m0/s1. The van der Waals surface area contributed by atoms with E-state index in [0.29, 0.717) is 11.4 Å². The number of furan rings is 1. The molecule has 1 saturated heterocycles. The lowest BCUT2D eigenvalue weighted by Crippen LogP contribution is -2.62. The lowest BCUT2D eigenvalue weighted by atomic mass is 9.72. The van der Waals surface area contributed by atoms with Gasteiger partial charge in [-0.15, -0.1) is 0 Å². The molecule has 0 unspecified atom stereocenters. The number of nitrogens with zero attached hydrogens (tertiary/aromatic N) is 2. The maximum absolute atomic E-state index is 13.4. The molecular formula is C27H26N2O6. The van der Waals surface area contributed by atoms with Gasteiger partial charge in [-0.3, -0.25) is 10.1 Å². The summed E-state index contributed by atoms with van der Waals surface area (Å²) in [6, 6.07) is 20.2. The van der Waals surface area contributed by atoms with Gasteiger partial charge in [-0.05, 0) is 36.2 Å². The van der Waals surface area contributed by atoms with Gasteiger partial charge in [0.05, 0.1) is 24.0 Å². The van der Waals surface area contributed by atoms with Gasteiger partial charge in [-0.2, -0.15) is 0 Å². The average molecular weight is 475 g/mol. The number of hydrogen-bond acceptors (Lipinski definition) is 6. The van der Waals surface area contributed by atoms with Crippen molar-refractivity contribution in [1.29, 1.82) is 0 Å². The maximum Gasteiger partial charge on any atom is 0.411 e. The number of carboxylic acid groups (broad SMARTS) is 1. The van der Waals surface area contributed by atoms with E-state index in [9.17, 15) is 19.9 Å². The van der Waals surface area contributed by atoms with Crippen LogP contribution >= 0.6 is 0 Å². The quantitative estimate of drug-likeness (QED) is 0.382. The molecular weight excluding hydrogens is 448 g/mol. The molecule has 2 aromatic carbocycles. The van der Waals surface area contributed by atoms with E-state index in [-0.39, 0.29) is 19.4 Å². The fourth-order valence-corrected chi connectivity index (χ4v) is 5.29. The van der Waals surface area contributed by atoms with Gasteiger partial charge in [0.25, 0.3) is 0 Å². The molecule has 1 aromatic heterocycles. The van der Waals surface area contributed by atoms with E-state index >= 15 is 0 Å². The van der Waals surface area contributed by atoms with Crippen LogP contribution in [0.25, 0.3) is 0 Å². The molecule has 4 atom stereocenters. The summed E-state index contributed by atoms with van der Waals surface area (Å²) in [6.45, 7) is 0.0857. The second kappa shape index (κ2) is 9.31. The first kappa shape index (κ1) is 22.7. The minimum Gasteiger partial charge on any atom is -0.479 e. The summed E-state index contributed by atoms with van der Waals surface area (Å²) in [4.78, 5) is 27.8. The molecule has 1 aliphatic heterocycles. The first-order chi connectivity index (χ1) is 17.0. The third kappa shape index (κ3) is 3.95. The van der Waals surface area contributed by atoms with Crippen LogP contribution in [0, 0.1) is 5.92 Å². The van der Waals surface area contributed by atoms with Crippen molar-refractivity contribution in [2.75, 3.05) is 5.06 Å². The zero-order valence-corrected chi connectivity index (χ0v) is 18.9. The molecule has 8 heteroatoms. The molecule has 35 heavy (non-hydrogen) atoms. The highest BCUT2D eigenvalue weighted by Gasteiger charge is 2.61. The predicted molar refractivity (Wildman–Crippen MR) is 127 cm³/mol. The highest BCUT2D eigenvalue weighted by molar-refractivity contribution is 5.85. The second-order valence-electron chi connectivity index (χ2n) is 8.82. The third-order valence-corrected chi connectivity index (χ3v) is 6.96. The fraction of sp³-hybridized carbons (Fsp3) is 0.259. The van der Waals surface area contributed by atoms with Crippen LogP contribution in [-0.2, 0) is 16.1 Å². The van der Waals surface area contributed by atoms with E-state index in [2.05, 4.69) is 0 Å². The minimum absolute atomic E-state index is 0.0761. The van der Waals surface area contributed by atoms with Crippen molar-refractivity contribution in [3.8, 4) is 0 Å². The van der Waals surface area contributed by atoms with Crippen molar-refractivity contribution in [1.82, 2.24) is 4.90 Å². The molecule has 8 nitrogen and oxygen atoms in total. The molecule has 1 amide bonds. The maximum atomic E-state index is 13.4. The van der Waals surface area contributed by atoms with Crippen molar-refractivity contribution in [2.45, 2.75) is 37.1 Å². The number of ether oxygens (including phenoxy) is 1. The van der Waals surface area contributed by atoms with Crippen LogP contribution in [0.1, 0.15) is 30.2 Å². The lowest BCUT2D eigenvalue weighted by molar-refractivity contribution is -0.149. The lowest BCUT2D eigenvalue weighted by Gasteiger charge is -2.45. The number of rotatable bonds is 6. The van der Waals surface area contributed by atoms with Gasteiger partial charge in [-0.25, -0.2) is 14.7 Å². The number of benzene rings is 2. The SMILES string of the molecule is O=C(OCc1ccccc1)N1[C@H](c2ccco2)C[C@H]2[C@@H]1C=CC[C@]2(C(=O)O)N(O)c1ccccc1. The number of amides is 1. The topological polar surface area (TPSA) is 103 Å². The Morgan fingerprint density at radius 3 is 2.43 bits per heavy atom. The van der Waals surface area contributed by atoms with E-state index in [0.717, 1.165) is 10.6 Å². The van der Waals surface area contributed by atoms with Gasteiger partial charge in [0.15, 0.2) is 5.54 Å². The van der Waals surface area contributed by atoms with Crippen LogP contribution in [-0.4, -0.2) is 38.9 Å². The number of aliphatic carboxylic acids is 1. The van der Waals surface area contributed by atoms with E-state index in [4.69, 9.17) is 9.15 Å². The van der Waals surface area contributed by atoms with Crippen LogP contribution < -0.4 is 5.06 Å². The van der Waals surface area contributed by atoms with E-state index in [1.807, 2.05) is 36.4 Å². The number of hydroxylamine groups is 1. The van der Waals surface area contributed by atoms with Crippen molar-refractivity contribution < 1.29 is 29.1 Å². The third-order valence-electron chi connectivity index (χ3n) is 6.96. The number of likely N-dealkylation sites (tertiary alicyclic amines) is 1. The Labute approximate surface area is 202 Å².